The molecule has 0 atom stereocenters. The lowest BCUT2D eigenvalue weighted by atomic mass is 10.2. The largest absolute Gasteiger partial charge is 0.493 e. The highest BCUT2D eigenvalue weighted by atomic mass is 16.5. The smallest absolute Gasteiger partial charge is 0.262 e. The zero-order valence-corrected chi connectivity index (χ0v) is 12.5. The molecule has 8 heteroatoms. The number of anilines is 1. The Kier molecular flexibility index (Phi) is 4.15. The summed E-state index contributed by atoms with van der Waals surface area (Å²) >= 11 is 0. The van der Waals surface area contributed by atoms with Crippen molar-refractivity contribution in [2.24, 2.45) is 5.84 Å². The predicted molar refractivity (Wildman–Crippen MR) is 87.0 cm³/mol. The molecule has 0 spiro atoms. The Balaban J connectivity index is 2.15. The number of hydrogen-bond acceptors (Lipinski definition) is 7. The molecule has 4 N–H and O–H groups in total. The van der Waals surface area contributed by atoms with Crippen LogP contribution in [0.4, 0.5) is 5.95 Å². The number of H-pyrrole nitrogens is 1. The van der Waals surface area contributed by atoms with Gasteiger partial charge in [-0.15, -0.1) is 0 Å². The van der Waals surface area contributed by atoms with Crippen molar-refractivity contribution >= 4 is 17.0 Å². The summed E-state index contributed by atoms with van der Waals surface area (Å²) in [6.07, 6.45) is 2.27. The van der Waals surface area contributed by atoms with Crippen LogP contribution in [0.2, 0.25) is 0 Å². The van der Waals surface area contributed by atoms with E-state index in [0.29, 0.717) is 29.1 Å². The van der Waals surface area contributed by atoms with Crippen LogP contribution in [0.3, 0.4) is 0 Å². The molecule has 0 saturated carbocycles. The maximum atomic E-state index is 12.2. The molecule has 3 aromatic rings. The van der Waals surface area contributed by atoms with Crippen LogP contribution in [0.25, 0.3) is 22.4 Å². The number of nitrogens with zero attached hydrogens (tertiary/aromatic N) is 3. The zero-order chi connectivity index (χ0) is 16.2. The topological polar surface area (TPSA) is 119 Å². The monoisotopic (exact) mass is 312 g/mol. The summed E-state index contributed by atoms with van der Waals surface area (Å²) in [5.74, 6) is 6.53. The van der Waals surface area contributed by atoms with Gasteiger partial charge in [0.25, 0.3) is 5.56 Å². The van der Waals surface area contributed by atoms with Gasteiger partial charge in [-0.3, -0.25) is 10.2 Å². The summed E-state index contributed by atoms with van der Waals surface area (Å²) in [6.45, 7) is 2.61. The van der Waals surface area contributed by atoms with E-state index in [-0.39, 0.29) is 17.2 Å². The number of benzene rings is 1. The minimum atomic E-state index is -0.320. The third-order valence-corrected chi connectivity index (χ3v) is 3.20. The summed E-state index contributed by atoms with van der Waals surface area (Å²) in [4.78, 5) is 27.4. The molecule has 2 heterocycles. The first kappa shape index (κ1) is 14.9. The van der Waals surface area contributed by atoms with Crippen LogP contribution in [-0.2, 0) is 0 Å². The maximum absolute atomic E-state index is 12.2. The normalized spacial score (nSPS) is 10.7. The van der Waals surface area contributed by atoms with E-state index in [1.54, 1.807) is 0 Å². The number of para-hydroxylation sites is 1. The minimum absolute atomic E-state index is 0.192. The first-order valence-electron chi connectivity index (χ1n) is 7.18. The van der Waals surface area contributed by atoms with Crippen LogP contribution >= 0.6 is 0 Å². The first-order valence-corrected chi connectivity index (χ1v) is 7.18. The Labute approximate surface area is 131 Å². The average Bonchev–Trinajstić information content (AvgIpc) is 2.59. The van der Waals surface area contributed by atoms with Crippen molar-refractivity contribution < 1.29 is 4.74 Å². The van der Waals surface area contributed by atoms with Crippen molar-refractivity contribution in [2.45, 2.75) is 13.3 Å². The number of aromatic amines is 1. The number of hydrazine groups is 1. The van der Waals surface area contributed by atoms with Gasteiger partial charge in [0.15, 0.2) is 5.65 Å². The predicted octanol–water partition coefficient (Wildman–Crippen LogP) is 1.45. The summed E-state index contributed by atoms with van der Waals surface area (Å²) in [5.41, 5.74) is 2.97. The fourth-order valence-corrected chi connectivity index (χ4v) is 2.12. The van der Waals surface area contributed by atoms with Gasteiger partial charge in [-0.25, -0.2) is 15.8 Å². The zero-order valence-electron chi connectivity index (χ0n) is 12.5. The molecule has 0 amide bonds. The molecule has 0 fully saturated rings. The summed E-state index contributed by atoms with van der Waals surface area (Å²) in [7, 11) is 0. The van der Waals surface area contributed by atoms with E-state index in [1.807, 2.05) is 31.2 Å². The molecular formula is C15H16N6O2. The number of rotatable bonds is 5. The molecule has 0 aliphatic rings. The molecule has 118 valence electrons. The Morgan fingerprint density at radius 1 is 1.30 bits per heavy atom. The molecule has 1 aromatic carbocycles. The second-order valence-electron chi connectivity index (χ2n) is 4.83. The quantitative estimate of drug-likeness (QED) is 0.482. The molecule has 0 bridgehead atoms. The van der Waals surface area contributed by atoms with E-state index in [1.165, 1.54) is 6.20 Å². The molecule has 2 aromatic heterocycles. The Morgan fingerprint density at radius 3 is 2.91 bits per heavy atom. The van der Waals surface area contributed by atoms with Gasteiger partial charge in [0.05, 0.1) is 12.2 Å². The highest BCUT2D eigenvalue weighted by Crippen LogP contribution is 2.27. The molecule has 23 heavy (non-hydrogen) atoms. The Morgan fingerprint density at radius 2 is 2.13 bits per heavy atom. The lowest BCUT2D eigenvalue weighted by Crippen LogP contribution is -2.15. The molecule has 8 nitrogen and oxygen atoms in total. The van der Waals surface area contributed by atoms with Crippen molar-refractivity contribution in [1.82, 2.24) is 19.9 Å². The Bertz CT molecular complexity index is 893. The van der Waals surface area contributed by atoms with Crippen LogP contribution in [0.1, 0.15) is 13.3 Å². The highest BCUT2D eigenvalue weighted by molar-refractivity contribution is 5.77. The number of hydrogen-bond donors (Lipinski definition) is 3. The highest BCUT2D eigenvalue weighted by Gasteiger charge is 2.12. The number of aromatic nitrogens is 4. The number of nitrogen functional groups attached to an aromatic ring is 1. The fraction of sp³-hybridized carbons (Fsp3) is 0.200. The van der Waals surface area contributed by atoms with E-state index in [4.69, 9.17) is 10.6 Å². The van der Waals surface area contributed by atoms with E-state index in [2.05, 4.69) is 25.4 Å². The number of nitrogens with two attached hydrogens (primary N) is 1. The minimum Gasteiger partial charge on any atom is -0.493 e. The van der Waals surface area contributed by atoms with Crippen molar-refractivity contribution in [2.75, 3.05) is 12.0 Å². The van der Waals surface area contributed by atoms with Gasteiger partial charge in [0, 0.05) is 6.20 Å². The first-order chi connectivity index (χ1) is 11.2. The van der Waals surface area contributed by atoms with Crippen molar-refractivity contribution in [1.29, 1.82) is 0 Å². The van der Waals surface area contributed by atoms with Gasteiger partial charge < -0.3 is 9.72 Å². The fourth-order valence-electron chi connectivity index (χ4n) is 2.12. The van der Waals surface area contributed by atoms with Crippen LogP contribution < -0.4 is 21.6 Å². The third kappa shape index (κ3) is 2.97. The van der Waals surface area contributed by atoms with E-state index in [0.717, 1.165) is 6.42 Å². The molecule has 3 rings (SSSR count). The molecule has 0 aliphatic heterocycles. The van der Waals surface area contributed by atoms with Gasteiger partial charge >= 0.3 is 0 Å². The molecule has 0 unspecified atom stereocenters. The third-order valence-electron chi connectivity index (χ3n) is 3.20. The van der Waals surface area contributed by atoms with Gasteiger partial charge in [0.2, 0.25) is 5.95 Å². The van der Waals surface area contributed by atoms with Crippen LogP contribution in [0.5, 0.6) is 5.75 Å². The molecule has 0 radical (unpaired) electrons. The van der Waals surface area contributed by atoms with Crippen LogP contribution in [0, 0.1) is 0 Å². The SMILES string of the molecule is CCCOc1ccccc1-c1nc2nc(NN)ncc2c(=O)[nH]1. The molecule has 0 aliphatic carbocycles. The van der Waals surface area contributed by atoms with E-state index >= 15 is 0 Å². The van der Waals surface area contributed by atoms with Crippen molar-refractivity contribution in [3.8, 4) is 17.1 Å². The summed E-state index contributed by atoms with van der Waals surface area (Å²) < 4.78 is 5.71. The van der Waals surface area contributed by atoms with Gasteiger partial charge in [0.1, 0.15) is 17.0 Å². The van der Waals surface area contributed by atoms with E-state index in [9.17, 15) is 4.79 Å². The van der Waals surface area contributed by atoms with Gasteiger partial charge in [-0.1, -0.05) is 19.1 Å². The summed E-state index contributed by atoms with van der Waals surface area (Å²) in [5, 5.41) is 0.291. The average molecular weight is 312 g/mol. The second kappa shape index (κ2) is 6.41. The maximum Gasteiger partial charge on any atom is 0.262 e. The molecular weight excluding hydrogens is 296 g/mol. The lowest BCUT2D eigenvalue weighted by molar-refractivity contribution is 0.318. The number of nitrogens with one attached hydrogen (secondary N) is 2. The molecule has 0 saturated heterocycles. The number of ether oxygens (including phenoxy) is 1. The van der Waals surface area contributed by atoms with E-state index < -0.39 is 0 Å². The van der Waals surface area contributed by atoms with Crippen LogP contribution in [-0.4, -0.2) is 26.5 Å². The standard InChI is InChI=1S/C15H16N6O2/c1-2-7-23-11-6-4-3-5-9(11)12-18-13-10(14(22)19-12)8-17-15(20-13)21-16/h3-6,8H,2,7,16H2,1H3,(H2,17,18,19,20,21,22). The summed E-state index contributed by atoms with van der Waals surface area (Å²) in [6, 6.07) is 7.39. The second-order valence-corrected chi connectivity index (χ2v) is 4.83. The van der Waals surface area contributed by atoms with Gasteiger partial charge in [-0.2, -0.15) is 4.98 Å². The van der Waals surface area contributed by atoms with Crippen LogP contribution in [0.15, 0.2) is 35.3 Å². The Hall–Kier alpha value is -3.00. The number of fused-ring (bicyclic) bond motifs is 1. The lowest BCUT2D eigenvalue weighted by Gasteiger charge is -2.10. The van der Waals surface area contributed by atoms with Crippen molar-refractivity contribution in [3.63, 3.8) is 0 Å². The van der Waals surface area contributed by atoms with Gasteiger partial charge in [-0.05, 0) is 18.6 Å². The van der Waals surface area contributed by atoms with Crippen molar-refractivity contribution in [3.05, 3.63) is 40.8 Å².